The van der Waals surface area contributed by atoms with Gasteiger partial charge in [-0.05, 0) is 56.4 Å². The first kappa shape index (κ1) is 31.9. The van der Waals surface area contributed by atoms with E-state index in [1.54, 1.807) is 0 Å². The van der Waals surface area contributed by atoms with Crippen molar-refractivity contribution in [2.24, 2.45) is 5.92 Å². The van der Waals surface area contributed by atoms with E-state index in [2.05, 4.69) is 10.6 Å². The molecule has 2 saturated heterocycles. The molecule has 2 aliphatic heterocycles. The minimum absolute atomic E-state index is 0.0594. The average Bonchev–Trinajstić information content (AvgIpc) is 3.60. The van der Waals surface area contributed by atoms with Crippen LogP contribution in [0.15, 0.2) is 48.5 Å². The van der Waals surface area contributed by atoms with E-state index in [1.807, 2.05) is 76.2 Å². The molecule has 0 saturated carbocycles. The number of hydrogen-bond donors (Lipinski definition) is 4. The van der Waals surface area contributed by atoms with Crippen molar-refractivity contribution in [1.29, 1.82) is 0 Å². The molecule has 2 heterocycles. The van der Waals surface area contributed by atoms with Gasteiger partial charge in [-0.25, -0.2) is 4.79 Å². The Labute approximate surface area is 257 Å². The zero-order valence-electron chi connectivity index (χ0n) is 25.6. The Balaban J connectivity index is 1.14. The van der Waals surface area contributed by atoms with Crippen LogP contribution in [0.5, 0.6) is 0 Å². The number of nitrogens with one attached hydrogen (secondary N) is 2. The van der Waals surface area contributed by atoms with Gasteiger partial charge < -0.3 is 39.8 Å². The van der Waals surface area contributed by atoms with E-state index in [0.717, 1.165) is 22.3 Å². The summed E-state index contributed by atoms with van der Waals surface area (Å²) in [6.45, 7) is 7.88. The molecule has 3 aliphatic rings. The summed E-state index contributed by atoms with van der Waals surface area (Å²) in [6.07, 6.45) is -2.83. The van der Waals surface area contributed by atoms with E-state index >= 15 is 0 Å². The Hall–Kier alpha value is -3.51. The van der Waals surface area contributed by atoms with Gasteiger partial charge in [0.05, 0.1) is 43.0 Å². The number of hydrogen-bond acceptors (Lipinski definition) is 8. The maximum Gasteiger partial charge on any atom is 0.407 e. The standard InChI is InChI=1S/C33H42N2O9/c1-32(2)15-24(27-18-42-33(3,4)43-27)30(44-32)26(36)16-34-28(37)13-19(14-29(38)39)35-31(40)41-17-25-22-11-7-5-9-20(22)21-10-6-8-12-23(21)25/h5-12,19,24-27,30,36H,13-18H2,1-4H3,(H,34,37)(H,35,40)(H,38,39)/t19?,24-,26+,27-,30+/m1/s1. The molecule has 0 aromatic heterocycles. The minimum Gasteiger partial charge on any atom is -0.481 e. The SMILES string of the molecule is CC1(C)C[C@H]([C@H]2COC(C)(C)O2)[C@@H]([C@@H](O)CNC(=O)CC(CC(=O)O)NC(=O)OCC2c3ccccc3-c3ccccc32)O1. The highest BCUT2D eigenvalue weighted by molar-refractivity contribution is 5.80. The van der Waals surface area contributed by atoms with Crippen LogP contribution in [0.2, 0.25) is 0 Å². The summed E-state index contributed by atoms with van der Waals surface area (Å²) in [5.41, 5.74) is 3.79. The third-order valence-corrected chi connectivity index (χ3v) is 8.52. The molecule has 5 atom stereocenters. The summed E-state index contributed by atoms with van der Waals surface area (Å²) in [7, 11) is 0. The lowest BCUT2D eigenvalue weighted by Gasteiger charge is -2.28. The first-order valence-electron chi connectivity index (χ1n) is 15.1. The van der Waals surface area contributed by atoms with E-state index < -0.39 is 54.0 Å². The molecular formula is C33H42N2O9. The van der Waals surface area contributed by atoms with Crippen molar-refractivity contribution in [3.05, 3.63) is 59.7 Å². The van der Waals surface area contributed by atoms with Crippen LogP contribution in [0.1, 0.15) is 64.0 Å². The summed E-state index contributed by atoms with van der Waals surface area (Å²) in [5, 5.41) is 25.6. The number of amides is 2. The molecule has 1 aliphatic carbocycles. The average molecular weight is 611 g/mol. The van der Waals surface area contributed by atoms with E-state index in [4.69, 9.17) is 18.9 Å². The van der Waals surface area contributed by atoms with Gasteiger partial charge in [-0.15, -0.1) is 0 Å². The smallest absolute Gasteiger partial charge is 0.407 e. The molecule has 11 nitrogen and oxygen atoms in total. The number of aliphatic hydroxyl groups is 1. The number of aliphatic hydroxyl groups excluding tert-OH is 1. The fourth-order valence-corrected chi connectivity index (χ4v) is 6.64. The van der Waals surface area contributed by atoms with Crippen molar-refractivity contribution in [1.82, 2.24) is 10.6 Å². The molecule has 5 rings (SSSR count). The molecule has 2 amide bonds. The van der Waals surface area contributed by atoms with Crippen molar-refractivity contribution in [2.75, 3.05) is 19.8 Å². The molecule has 0 radical (unpaired) electrons. The number of fused-ring (bicyclic) bond motifs is 3. The summed E-state index contributed by atoms with van der Waals surface area (Å²) >= 11 is 0. The van der Waals surface area contributed by atoms with Crippen LogP contribution < -0.4 is 10.6 Å². The highest BCUT2D eigenvalue weighted by Crippen LogP contribution is 2.45. The van der Waals surface area contributed by atoms with E-state index in [-0.39, 0.29) is 37.5 Å². The Kier molecular flexibility index (Phi) is 9.31. The first-order chi connectivity index (χ1) is 20.8. The summed E-state index contributed by atoms with van der Waals surface area (Å²) in [5.74, 6) is -2.72. The number of rotatable bonds is 11. The zero-order valence-corrected chi connectivity index (χ0v) is 25.6. The van der Waals surface area contributed by atoms with Crippen LogP contribution >= 0.6 is 0 Å². The van der Waals surface area contributed by atoms with Gasteiger partial charge in [0, 0.05) is 24.8 Å². The van der Waals surface area contributed by atoms with E-state index in [0.29, 0.717) is 13.0 Å². The van der Waals surface area contributed by atoms with Crippen molar-refractivity contribution in [3.8, 4) is 11.1 Å². The second kappa shape index (κ2) is 12.8. The number of ether oxygens (including phenoxy) is 4. The molecule has 238 valence electrons. The topological polar surface area (TPSA) is 153 Å². The number of carbonyl (C=O) groups excluding carboxylic acids is 2. The number of carboxylic acids is 1. The number of benzene rings is 2. The monoisotopic (exact) mass is 610 g/mol. The lowest BCUT2D eigenvalue weighted by atomic mass is 9.87. The number of aliphatic carboxylic acids is 1. The van der Waals surface area contributed by atoms with Gasteiger partial charge in [0.25, 0.3) is 0 Å². The van der Waals surface area contributed by atoms with Gasteiger partial charge in [0.2, 0.25) is 5.91 Å². The van der Waals surface area contributed by atoms with Crippen molar-refractivity contribution < 1.29 is 43.5 Å². The lowest BCUT2D eigenvalue weighted by Crippen LogP contribution is -2.46. The molecule has 2 aromatic rings. The summed E-state index contributed by atoms with van der Waals surface area (Å²) in [4.78, 5) is 37.1. The quantitative estimate of drug-likeness (QED) is 0.299. The van der Waals surface area contributed by atoms with Crippen LogP contribution in [0, 0.1) is 5.92 Å². The third-order valence-electron chi connectivity index (χ3n) is 8.52. The molecule has 0 bridgehead atoms. The second-order valence-electron chi connectivity index (χ2n) is 12.9. The maximum atomic E-state index is 12.8. The van der Waals surface area contributed by atoms with Crippen LogP contribution in [0.3, 0.4) is 0 Å². The number of carbonyl (C=O) groups is 3. The second-order valence-corrected chi connectivity index (χ2v) is 12.9. The van der Waals surface area contributed by atoms with Gasteiger partial charge in [-0.1, -0.05) is 48.5 Å². The van der Waals surface area contributed by atoms with Gasteiger partial charge in [0.15, 0.2) is 5.79 Å². The van der Waals surface area contributed by atoms with Crippen molar-refractivity contribution in [2.45, 2.75) is 88.6 Å². The fraction of sp³-hybridized carbons (Fsp3) is 0.545. The Bertz CT molecular complexity index is 1330. The Morgan fingerprint density at radius 3 is 2.20 bits per heavy atom. The molecular weight excluding hydrogens is 568 g/mol. The Morgan fingerprint density at radius 2 is 1.61 bits per heavy atom. The van der Waals surface area contributed by atoms with Crippen molar-refractivity contribution >= 4 is 18.0 Å². The molecule has 2 aromatic carbocycles. The van der Waals surface area contributed by atoms with Crippen molar-refractivity contribution in [3.63, 3.8) is 0 Å². The summed E-state index contributed by atoms with van der Waals surface area (Å²) < 4.78 is 23.4. The normalized spacial score (nSPS) is 24.6. The highest BCUT2D eigenvalue weighted by atomic mass is 16.7. The maximum absolute atomic E-state index is 12.8. The number of alkyl carbamates (subject to hydrolysis) is 1. The largest absolute Gasteiger partial charge is 0.481 e. The molecule has 4 N–H and O–H groups in total. The predicted octanol–water partition coefficient (Wildman–Crippen LogP) is 3.57. The molecule has 11 heteroatoms. The van der Waals surface area contributed by atoms with Gasteiger partial charge in [-0.2, -0.15) is 0 Å². The van der Waals surface area contributed by atoms with Gasteiger partial charge in [0.1, 0.15) is 6.61 Å². The predicted molar refractivity (Wildman–Crippen MR) is 160 cm³/mol. The summed E-state index contributed by atoms with van der Waals surface area (Å²) in [6, 6.07) is 14.9. The lowest BCUT2D eigenvalue weighted by molar-refractivity contribution is -0.151. The van der Waals surface area contributed by atoms with E-state index in [9.17, 15) is 24.6 Å². The first-order valence-corrected chi connectivity index (χ1v) is 15.1. The molecule has 1 unspecified atom stereocenters. The molecule has 0 spiro atoms. The molecule has 44 heavy (non-hydrogen) atoms. The fourth-order valence-electron chi connectivity index (χ4n) is 6.64. The molecule has 2 fully saturated rings. The van der Waals surface area contributed by atoms with Crippen LogP contribution in [-0.2, 0) is 28.5 Å². The van der Waals surface area contributed by atoms with Crippen LogP contribution in [0.4, 0.5) is 4.79 Å². The van der Waals surface area contributed by atoms with E-state index in [1.165, 1.54) is 0 Å². The van der Waals surface area contributed by atoms with Crippen LogP contribution in [-0.4, -0.2) is 83.7 Å². The minimum atomic E-state index is -1.17. The van der Waals surface area contributed by atoms with Crippen LogP contribution in [0.25, 0.3) is 11.1 Å². The zero-order chi connectivity index (χ0) is 31.6. The Morgan fingerprint density at radius 1 is 0.977 bits per heavy atom. The van der Waals surface area contributed by atoms with Gasteiger partial charge in [-0.3, -0.25) is 9.59 Å². The van der Waals surface area contributed by atoms with Gasteiger partial charge >= 0.3 is 12.1 Å². The highest BCUT2D eigenvalue weighted by Gasteiger charge is 2.50. The third kappa shape index (κ3) is 7.40. The number of carboxylic acid groups (broad SMARTS) is 1.